The van der Waals surface area contributed by atoms with Crippen molar-refractivity contribution in [1.82, 2.24) is 4.57 Å². The van der Waals surface area contributed by atoms with Crippen LogP contribution >= 0.6 is 0 Å². The molecule has 1 aromatic heterocycles. The van der Waals surface area contributed by atoms with Gasteiger partial charge in [0.1, 0.15) is 12.4 Å². The van der Waals surface area contributed by atoms with Crippen molar-refractivity contribution < 1.29 is 17.3 Å². The van der Waals surface area contributed by atoms with Crippen LogP contribution in [0.3, 0.4) is 0 Å². The molecule has 0 aliphatic carbocycles. The van der Waals surface area contributed by atoms with Crippen LogP contribution in [0.1, 0.15) is 6.92 Å². The van der Waals surface area contributed by atoms with E-state index in [0.717, 1.165) is 22.9 Å². The standard InChI is InChI=1S/C15H17NO4S/c1-3-4-10-19-14-5-6-15-13(12-14)7-8-16(15)9-11-20-21(2,17)18/h5-8,12H,9-11H2,1-2H3. The average molecular weight is 307 g/mol. The molecule has 0 saturated heterocycles. The quantitative estimate of drug-likeness (QED) is 0.605. The number of nitrogens with zero attached hydrogens (tertiary/aromatic N) is 1. The van der Waals surface area contributed by atoms with E-state index < -0.39 is 10.1 Å². The predicted molar refractivity (Wildman–Crippen MR) is 81.7 cm³/mol. The zero-order valence-electron chi connectivity index (χ0n) is 12.0. The van der Waals surface area contributed by atoms with Gasteiger partial charge < -0.3 is 9.30 Å². The summed E-state index contributed by atoms with van der Waals surface area (Å²) in [7, 11) is -3.40. The van der Waals surface area contributed by atoms with Crippen LogP contribution < -0.4 is 4.74 Å². The summed E-state index contributed by atoms with van der Waals surface area (Å²) in [5, 5.41) is 1.02. The molecule has 0 fully saturated rings. The molecule has 21 heavy (non-hydrogen) atoms. The van der Waals surface area contributed by atoms with Gasteiger partial charge in [-0.05, 0) is 31.2 Å². The number of hydrogen-bond donors (Lipinski definition) is 0. The SMILES string of the molecule is CC#CCOc1ccc2c(ccn2CCOS(C)(=O)=O)c1. The molecule has 2 rings (SSSR count). The first-order chi connectivity index (χ1) is 9.99. The predicted octanol–water partition coefficient (Wildman–Crippen LogP) is 2.02. The molecule has 2 aromatic rings. The largest absolute Gasteiger partial charge is 0.481 e. The lowest BCUT2D eigenvalue weighted by Crippen LogP contribution is -2.09. The Hall–Kier alpha value is -1.97. The molecule has 0 radical (unpaired) electrons. The first-order valence-corrected chi connectivity index (χ1v) is 8.27. The van der Waals surface area contributed by atoms with Gasteiger partial charge in [-0.15, -0.1) is 5.92 Å². The van der Waals surface area contributed by atoms with Gasteiger partial charge >= 0.3 is 0 Å². The van der Waals surface area contributed by atoms with Crippen molar-refractivity contribution in [2.24, 2.45) is 0 Å². The van der Waals surface area contributed by atoms with E-state index in [1.807, 2.05) is 35.0 Å². The lowest BCUT2D eigenvalue weighted by atomic mass is 10.2. The van der Waals surface area contributed by atoms with E-state index in [1.54, 1.807) is 6.92 Å². The van der Waals surface area contributed by atoms with Gasteiger partial charge in [0.25, 0.3) is 10.1 Å². The normalized spacial score (nSPS) is 11.1. The lowest BCUT2D eigenvalue weighted by molar-refractivity contribution is 0.306. The monoisotopic (exact) mass is 307 g/mol. The molecule has 1 aromatic carbocycles. The third-order valence-electron chi connectivity index (χ3n) is 2.86. The molecule has 1 heterocycles. The van der Waals surface area contributed by atoms with Crippen LogP contribution in [0.25, 0.3) is 10.9 Å². The van der Waals surface area contributed by atoms with Crippen molar-refractivity contribution in [2.45, 2.75) is 13.5 Å². The number of ether oxygens (including phenoxy) is 1. The van der Waals surface area contributed by atoms with Crippen LogP contribution in [0.2, 0.25) is 0 Å². The number of rotatable bonds is 6. The molecule has 0 unspecified atom stereocenters. The molecule has 0 spiro atoms. The highest BCUT2D eigenvalue weighted by molar-refractivity contribution is 7.85. The Labute approximate surface area is 124 Å². The van der Waals surface area contributed by atoms with Crippen molar-refractivity contribution in [3.8, 4) is 17.6 Å². The maximum atomic E-state index is 10.9. The van der Waals surface area contributed by atoms with Crippen LogP contribution in [0, 0.1) is 11.8 Å². The first kappa shape index (κ1) is 15.4. The molecule has 0 aliphatic heterocycles. The van der Waals surface area contributed by atoms with Crippen LogP contribution in [-0.2, 0) is 20.8 Å². The van der Waals surface area contributed by atoms with Crippen molar-refractivity contribution >= 4 is 21.0 Å². The number of benzene rings is 1. The molecule has 0 N–H and O–H groups in total. The van der Waals surface area contributed by atoms with E-state index in [4.69, 9.17) is 8.92 Å². The van der Waals surface area contributed by atoms with Gasteiger partial charge in [-0.25, -0.2) is 0 Å². The molecule has 0 amide bonds. The lowest BCUT2D eigenvalue weighted by Gasteiger charge is -2.06. The Bertz CT molecular complexity index is 781. The topological polar surface area (TPSA) is 57.5 Å². The number of fused-ring (bicyclic) bond motifs is 1. The fourth-order valence-corrected chi connectivity index (χ4v) is 2.32. The summed E-state index contributed by atoms with van der Waals surface area (Å²) >= 11 is 0. The Morgan fingerprint density at radius 1 is 1.29 bits per heavy atom. The summed E-state index contributed by atoms with van der Waals surface area (Å²) in [6.07, 6.45) is 2.94. The molecule has 112 valence electrons. The van der Waals surface area contributed by atoms with E-state index in [2.05, 4.69) is 11.8 Å². The Kier molecular flexibility index (Phi) is 4.89. The summed E-state index contributed by atoms with van der Waals surface area (Å²) in [5.74, 6) is 6.37. The third-order valence-corrected chi connectivity index (χ3v) is 3.45. The summed E-state index contributed by atoms with van der Waals surface area (Å²) in [5.41, 5.74) is 1.00. The molecule has 0 saturated carbocycles. The fourth-order valence-electron chi connectivity index (χ4n) is 1.94. The van der Waals surface area contributed by atoms with Crippen molar-refractivity contribution in [2.75, 3.05) is 19.5 Å². The van der Waals surface area contributed by atoms with E-state index >= 15 is 0 Å². The zero-order chi connectivity index (χ0) is 15.3. The third kappa shape index (κ3) is 4.52. The van der Waals surface area contributed by atoms with Crippen molar-refractivity contribution in [3.05, 3.63) is 30.5 Å². The highest BCUT2D eigenvalue weighted by Crippen LogP contribution is 2.22. The second kappa shape index (κ2) is 6.66. The first-order valence-electron chi connectivity index (χ1n) is 6.45. The van der Waals surface area contributed by atoms with Gasteiger partial charge in [0.2, 0.25) is 0 Å². The van der Waals surface area contributed by atoms with E-state index in [1.165, 1.54) is 0 Å². The second-order valence-electron chi connectivity index (χ2n) is 4.47. The minimum atomic E-state index is -3.40. The highest BCUT2D eigenvalue weighted by atomic mass is 32.2. The van der Waals surface area contributed by atoms with Gasteiger partial charge in [0.15, 0.2) is 0 Å². The van der Waals surface area contributed by atoms with Crippen molar-refractivity contribution in [1.29, 1.82) is 0 Å². The van der Waals surface area contributed by atoms with Crippen LogP contribution in [0.5, 0.6) is 5.75 Å². The van der Waals surface area contributed by atoms with Gasteiger partial charge in [-0.2, -0.15) is 8.42 Å². The minimum Gasteiger partial charge on any atom is -0.481 e. The zero-order valence-corrected chi connectivity index (χ0v) is 12.8. The minimum absolute atomic E-state index is 0.118. The van der Waals surface area contributed by atoms with Gasteiger partial charge in [0.05, 0.1) is 12.9 Å². The van der Waals surface area contributed by atoms with Crippen LogP contribution in [0.4, 0.5) is 0 Å². The molecule has 0 atom stereocenters. The molecule has 5 nitrogen and oxygen atoms in total. The maximum Gasteiger partial charge on any atom is 0.264 e. The van der Waals surface area contributed by atoms with Gasteiger partial charge in [0, 0.05) is 23.6 Å². The Morgan fingerprint density at radius 2 is 2.10 bits per heavy atom. The summed E-state index contributed by atoms with van der Waals surface area (Å²) < 4.78 is 34.1. The number of hydrogen-bond acceptors (Lipinski definition) is 4. The molecule has 6 heteroatoms. The molecular weight excluding hydrogens is 290 g/mol. The maximum absolute atomic E-state index is 10.9. The average Bonchev–Trinajstić information content (AvgIpc) is 2.80. The Balaban J connectivity index is 2.07. The Morgan fingerprint density at radius 3 is 2.81 bits per heavy atom. The summed E-state index contributed by atoms with van der Waals surface area (Å²) in [6, 6.07) is 7.69. The fraction of sp³-hybridized carbons (Fsp3) is 0.333. The summed E-state index contributed by atoms with van der Waals surface area (Å²) in [4.78, 5) is 0. The van der Waals surface area contributed by atoms with E-state index in [9.17, 15) is 8.42 Å². The number of aromatic nitrogens is 1. The summed E-state index contributed by atoms with van der Waals surface area (Å²) in [6.45, 7) is 2.72. The smallest absolute Gasteiger partial charge is 0.264 e. The van der Waals surface area contributed by atoms with E-state index in [-0.39, 0.29) is 6.61 Å². The molecule has 0 bridgehead atoms. The molecular formula is C15H17NO4S. The van der Waals surface area contributed by atoms with E-state index in [0.29, 0.717) is 13.2 Å². The molecule has 0 aliphatic rings. The highest BCUT2D eigenvalue weighted by Gasteiger charge is 2.05. The second-order valence-corrected chi connectivity index (χ2v) is 6.12. The van der Waals surface area contributed by atoms with Gasteiger partial charge in [-0.1, -0.05) is 5.92 Å². The van der Waals surface area contributed by atoms with Gasteiger partial charge in [-0.3, -0.25) is 4.18 Å². The van der Waals surface area contributed by atoms with Crippen LogP contribution in [0.15, 0.2) is 30.5 Å². The van der Waals surface area contributed by atoms with Crippen LogP contribution in [-0.4, -0.2) is 32.5 Å². The van der Waals surface area contributed by atoms with Crippen molar-refractivity contribution in [3.63, 3.8) is 0 Å².